The summed E-state index contributed by atoms with van der Waals surface area (Å²) < 4.78 is 0. The Balaban J connectivity index is 1.83. The molecule has 2 aliphatic rings. The number of hydrogen-bond acceptors (Lipinski definition) is 2. The second kappa shape index (κ2) is 7.23. The van der Waals surface area contributed by atoms with Gasteiger partial charge in [-0.2, -0.15) is 0 Å². The summed E-state index contributed by atoms with van der Waals surface area (Å²) in [6.07, 6.45) is 10.4. The molecule has 1 N–H and O–H groups in total. The lowest BCUT2D eigenvalue weighted by Crippen LogP contribution is -2.40. The van der Waals surface area contributed by atoms with Crippen molar-refractivity contribution in [2.24, 2.45) is 10.9 Å². The van der Waals surface area contributed by atoms with Crippen molar-refractivity contribution in [3.63, 3.8) is 0 Å². The van der Waals surface area contributed by atoms with E-state index >= 15 is 0 Å². The molecule has 1 heterocycles. The van der Waals surface area contributed by atoms with Gasteiger partial charge < -0.3 is 4.98 Å². The van der Waals surface area contributed by atoms with E-state index in [0.29, 0.717) is 5.92 Å². The summed E-state index contributed by atoms with van der Waals surface area (Å²) in [5, 5.41) is 0. The number of nitrogens with one attached hydrogen (secondary N) is 1. The third-order valence-corrected chi connectivity index (χ3v) is 5.76. The third-order valence-electron chi connectivity index (χ3n) is 5.76. The zero-order valence-electron chi connectivity index (χ0n) is 16.7. The molecule has 1 aromatic heterocycles. The van der Waals surface area contributed by atoms with Crippen LogP contribution in [0.4, 0.5) is 0 Å². The fourth-order valence-electron chi connectivity index (χ4n) is 4.71. The van der Waals surface area contributed by atoms with E-state index in [1.165, 1.54) is 16.7 Å². The molecule has 2 bridgehead atoms. The van der Waals surface area contributed by atoms with Crippen LogP contribution in [0, 0.1) is 5.92 Å². The van der Waals surface area contributed by atoms with E-state index in [2.05, 4.69) is 56.1 Å². The summed E-state index contributed by atoms with van der Waals surface area (Å²) in [5.41, 5.74) is 6.65. The van der Waals surface area contributed by atoms with Crippen LogP contribution in [0.3, 0.4) is 0 Å². The van der Waals surface area contributed by atoms with E-state index in [9.17, 15) is 4.79 Å². The summed E-state index contributed by atoms with van der Waals surface area (Å²) in [5.74, 6) is 0.292. The smallest absolute Gasteiger partial charge is 0.248 e. The highest BCUT2D eigenvalue weighted by Crippen LogP contribution is 2.51. The number of hydrogen-bond donors (Lipinski definition) is 1. The van der Waals surface area contributed by atoms with Crippen molar-refractivity contribution in [3.8, 4) is 0 Å². The van der Waals surface area contributed by atoms with E-state index < -0.39 is 5.54 Å². The van der Waals surface area contributed by atoms with Crippen LogP contribution in [0.15, 0.2) is 81.1 Å². The number of aromatic amines is 1. The molecule has 1 aromatic carbocycles. The SMILES string of the molecule is CC=C1C2C=C(C)CC1(N=CC(C)=Cc1ccccc1)c1ccc(=O)[nH]c1C2. The summed E-state index contributed by atoms with van der Waals surface area (Å²) in [7, 11) is 0. The van der Waals surface area contributed by atoms with Gasteiger partial charge >= 0.3 is 0 Å². The molecular weight excluding hydrogens is 344 g/mol. The highest BCUT2D eigenvalue weighted by atomic mass is 16.1. The number of fused-ring (bicyclic) bond motifs is 4. The number of allylic oxidation sites excluding steroid dienone is 3. The van der Waals surface area contributed by atoms with E-state index in [1.807, 2.05) is 30.5 Å². The van der Waals surface area contributed by atoms with Crippen LogP contribution in [0.25, 0.3) is 6.08 Å². The molecule has 142 valence electrons. The number of nitrogens with zero attached hydrogens (tertiary/aromatic N) is 1. The van der Waals surface area contributed by atoms with Gasteiger partial charge in [0.05, 0.1) is 0 Å². The molecule has 0 saturated heterocycles. The zero-order valence-corrected chi connectivity index (χ0v) is 16.7. The minimum atomic E-state index is -0.429. The molecule has 3 heteroatoms. The average Bonchev–Trinajstić information content (AvgIpc) is 2.66. The number of rotatable bonds is 3. The Morgan fingerprint density at radius 2 is 2.00 bits per heavy atom. The number of pyridine rings is 1. The Morgan fingerprint density at radius 3 is 2.75 bits per heavy atom. The first-order valence-corrected chi connectivity index (χ1v) is 9.87. The van der Waals surface area contributed by atoms with Crippen molar-refractivity contribution in [2.45, 2.75) is 39.2 Å². The fraction of sp³-hybridized carbons (Fsp3) is 0.280. The van der Waals surface area contributed by atoms with Crippen molar-refractivity contribution in [1.82, 2.24) is 4.98 Å². The number of benzene rings is 1. The van der Waals surface area contributed by atoms with E-state index in [4.69, 9.17) is 4.99 Å². The number of H-pyrrole nitrogens is 1. The van der Waals surface area contributed by atoms with Crippen molar-refractivity contribution in [3.05, 3.63) is 98.5 Å². The lowest BCUT2D eigenvalue weighted by Gasteiger charge is -2.45. The number of aliphatic imine (C=N–C) groups is 1. The van der Waals surface area contributed by atoms with Crippen LogP contribution in [-0.2, 0) is 12.0 Å². The summed E-state index contributed by atoms with van der Waals surface area (Å²) in [6.45, 7) is 6.37. The standard InChI is InChI=1S/C25H26N2O/c1-4-21-20-13-17(2)15-25(21,22-10-11-24(28)27-23(22)14-20)26-16-18(3)12-19-8-6-5-7-9-19/h4-13,16,20H,14-15H2,1-3H3,(H,27,28). The van der Waals surface area contributed by atoms with Crippen molar-refractivity contribution in [1.29, 1.82) is 0 Å². The van der Waals surface area contributed by atoms with Gasteiger partial charge in [-0.1, -0.05) is 54.1 Å². The highest BCUT2D eigenvalue weighted by Gasteiger charge is 2.46. The normalized spacial score (nSPS) is 25.7. The number of aromatic nitrogens is 1. The summed E-state index contributed by atoms with van der Waals surface area (Å²) in [4.78, 5) is 20.2. The van der Waals surface area contributed by atoms with Gasteiger partial charge in [-0.25, -0.2) is 0 Å². The first-order valence-electron chi connectivity index (χ1n) is 9.87. The molecule has 0 amide bonds. The van der Waals surface area contributed by atoms with Crippen LogP contribution >= 0.6 is 0 Å². The monoisotopic (exact) mass is 370 g/mol. The van der Waals surface area contributed by atoms with Crippen LogP contribution in [0.1, 0.15) is 44.0 Å². The van der Waals surface area contributed by atoms with Gasteiger partial charge in [-0.05, 0) is 50.0 Å². The molecule has 3 nitrogen and oxygen atoms in total. The quantitative estimate of drug-likeness (QED) is 0.585. The maximum absolute atomic E-state index is 11.9. The van der Waals surface area contributed by atoms with Crippen molar-refractivity contribution < 1.29 is 0 Å². The van der Waals surface area contributed by atoms with Crippen LogP contribution in [0.2, 0.25) is 0 Å². The Hall–Kier alpha value is -2.94. The molecule has 0 aliphatic heterocycles. The van der Waals surface area contributed by atoms with Gasteiger partial charge in [0.15, 0.2) is 0 Å². The van der Waals surface area contributed by atoms with Crippen LogP contribution in [0.5, 0.6) is 0 Å². The van der Waals surface area contributed by atoms with Crippen molar-refractivity contribution >= 4 is 12.3 Å². The minimum absolute atomic E-state index is 0.0410. The molecule has 4 rings (SSSR count). The van der Waals surface area contributed by atoms with Gasteiger partial charge in [0.25, 0.3) is 0 Å². The first-order chi connectivity index (χ1) is 13.5. The maximum Gasteiger partial charge on any atom is 0.248 e. The average molecular weight is 370 g/mol. The molecule has 2 atom stereocenters. The predicted octanol–water partition coefficient (Wildman–Crippen LogP) is 5.21. The molecule has 0 saturated carbocycles. The topological polar surface area (TPSA) is 45.2 Å². The highest BCUT2D eigenvalue weighted by molar-refractivity contribution is 5.85. The third kappa shape index (κ3) is 3.22. The molecule has 0 fully saturated rings. The molecular formula is C25H26N2O. The van der Waals surface area contributed by atoms with Gasteiger partial charge in [-0.15, -0.1) is 0 Å². The van der Waals surface area contributed by atoms with Gasteiger partial charge in [-0.3, -0.25) is 9.79 Å². The molecule has 2 unspecified atom stereocenters. The molecule has 28 heavy (non-hydrogen) atoms. The van der Waals surface area contributed by atoms with Crippen LogP contribution in [-0.4, -0.2) is 11.2 Å². The first kappa shape index (κ1) is 18.4. The Morgan fingerprint density at radius 1 is 1.21 bits per heavy atom. The predicted molar refractivity (Wildman–Crippen MR) is 117 cm³/mol. The van der Waals surface area contributed by atoms with E-state index in [0.717, 1.165) is 29.7 Å². The molecule has 2 aliphatic carbocycles. The second-order valence-corrected chi connectivity index (χ2v) is 7.88. The summed E-state index contributed by atoms with van der Waals surface area (Å²) >= 11 is 0. The van der Waals surface area contributed by atoms with Gasteiger partial charge in [0.1, 0.15) is 5.54 Å². The van der Waals surface area contributed by atoms with Crippen LogP contribution < -0.4 is 5.56 Å². The Kier molecular flexibility index (Phi) is 4.76. The van der Waals surface area contributed by atoms with E-state index in [-0.39, 0.29) is 5.56 Å². The van der Waals surface area contributed by atoms with E-state index in [1.54, 1.807) is 6.07 Å². The van der Waals surface area contributed by atoms with Gasteiger partial charge in [0, 0.05) is 35.9 Å². The zero-order chi connectivity index (χ0) is 19.7. The lowest BCUT2D eigenvalue weighted by molar-refractivity contribution is 0.413. The largest absolute Gasteiger partial charge is 0.326 e. The Labute approximate surface area is 166 Å². The second-order valence-electron chi connectivity index (χ2n) is 7.88. The summed E-state index contributed by atoms with van der Waals surface area (Å²) in [6, 6.07) is 13.9. The van der Waals surface area contributed by atoms with Gasteiger partial charge in [0.2, 0.25) is 5.56 Å². The minimum Gasteiger partial charge on any atom is -0.326 e. The maximum atomic E-state index is 11.9. The van der Waals surface area contributed by atoms with Crippen molar-refractivity contribution in [2.75, 3.05) is 0 Å². The lowest BCUT2D eigenvalue weighted by atomic mass is 9.63. The molecule has 2 aromatic rings. The molecule has 0 spiro atoms. The fourth-order valence-corrected chi connectivity index (χ4v) is 4.71. The Bertz CT molecular complexity index is 1070. The molecule has 0 radical (unpaired) electrons.